The van der Waals surface area contributed by atoms with Crippen LogP contribution in [0.25, 0.3) is 11.0 Å². The number of rotatable bonds is 8. The zero-order valence-corrected chi connectivity index (χ0v) is 19.1. The summed E-state index contributed by atoms with van der Waals surface area (Å²) in [7, 11) is 0. The Hall–Kier alpha value is -2.06. The first kappa shape index (κ1) is 22.1. The second-order valence-corrected chi connectivity index (χ2v) is 9.92. The van der Waals surface area contributed by atoms with Crippen molar-refractivity contribution < 1.29 is 9.59 Å². The number of benzene rings is 1. The average Bonchev–Trinajstić information content (AvgIpc) is 3.47. The van der Waals surface area contributed by atoms with Gasteiger partial charge in [0.05, 0.1) is 22.0 Å². The van der Waals surface area contributed by atoms with Crippen LogP contribution >= 0.6 is 11.8 Å². The maximum absolute atomic E-state index is 12.5. The molecule has 1 saturated heterocycles. The number of aromatic nitrogens is 2. The molecule has 168 valence electrons. The van der Waals surface area contributed by atoms with Gasteiger partial charge < -0.3 is 15.2 Å². The molecule has 1 saturated carbocycles. The van der Waals surface area contributed by atoms with Gasteiger partial charge in [-0.2, -0.15) is 0 Å². The number of thioether (sulfide) groups is 1. The molecule has 1 aromatic heterocycles. The van der Waals surface area contributed by atoms with Crippen LogP contribution in [0.5, 0.6) is 0 Å². The number of fused-ring (bicyclic) bond motifs is 1. The molecule has 4 rings (SSSR count). The van der Waals surface area contributed by atoms with Crippen LogP contribution in [0, 0.1) is 5.92 Å². The van der Waals surface area contributed by atoms with Gasteiger partial charge >= 0.3 is 0 Å². The highest BCUT2D eigenvalue weighted by Crippen LogP contribution is 2.28. The van der Waals surface area contributed by atoms with Crippen LogP contribution in [0.3, 0.4) is 0 Å². The maximum atomic E-state index is 12.5. The van der Waals surface area contributed by atoms with Gasteiger partial charge in [0.15, 0.2) is 0 Å². The zero-order valence-electron chi connectivity index (χ0n) is 18.3. The van der Waals surface area contributed by atoms with Crippen molar-refractivity contribution in [3.63, 3.8) is 0 Å². The van der Waals surface area contributed by atoms with Gasteiger partial charge in [0.25, 0.3) is 0 Å². The molecule has 1 aliphatic carbocycles. The predicted molar refractivity (Wildman–Crippen MR) is 125 cm³/mol. The van der Waals surface area contributed by atoms with Crippen LogP contribution in [0.4, 0.5) is 0 Å². The summed E-state index contributed by atoms with van der Waals surface area (Å²) in [4.78, 5) is 37.1. The van der Waals surface area contributed by atoms with Crippen LogP contribution in [-0.2, 0) is 9.59 Å². The first-order valence-electron chi connectivity index (χ1n) is 11.4. The fraction of sp³-hybridized carbons (Fsp3) is 0.609. The zero-order chi connectivity index (χ0) is 21.6. The van der Waals surface area contributed by atoms with E-state index < -0.39 is 0 Å². The number of hydrogen-bond acceptors (Lipinski definition) is 5. The van der Waals surface area contributed by atoms with E-state index in [1.165, 1.54) is 12.8 Å². The Morgan fingerprint density at radius 3 is 2.68 bits per heavy atom. The number of para-hydroxylation sites is 2. The molecule has 2 aromatic rings. The van der Waals surface area contributed by atoms with E-state index in [0.29, 0.717) is 18.2 Å². The van der Waals surface area contributed by atoms with Crippen LogP contribution in [0.15, 0.2) is 24.3 Å². The monoisotopic (exact) mass is 443 g/mol. The molecular weight excluding hydrogens is 410 g/mol. The number of H-pyrrole nitrogens is 1. The van der Waals surface area contributed by atoms with Gasteiger partial charge in [0.1, 0.15) is 5.82 Å². The first-order chi connectivity index (χ1) is 15.1. The average molecular weight is 444 g/mol. The molecule has 0 spiro atoms. The Morgan fingerprint density at radius 1 is 1.19 bits per heavy atom. The summed E-state index contributed by atoms with van der Waals surface area (Å²) >= 11 is 1.59. The van der Waals surface area contributed by atoms with Crippen molar-refractivity contribution in [3.8, 4) is 0 Å². The number of hydrogen-bond donors (Lipinski definition) is 2. The van der Waals surface area contributed by atoms with E-state index in [9.17, 15) is 9.59 Å². The summed E-state index contributed by atoms with van der Waals surface area (Å²) in [5, 5.41) is 3.16. The molecule has 1 aromatic carbocycles. The van der Waals surface area contributed by atoms with Crippen LogP contribution < -0.4 is 5.32 Å². The summed E-state index contributed by atoms with van der Waals surface area (Å²) in [6.07, 6.45) is 4.53. The number of amides is 2. The first-order valence-corrected chi connectivity index (χ1v) is 12.5. The van der Waals surface area contributed by atoms with Crippen molar-refractivity contribution in [1.29, 1.82) is 0 Å². The summed E-state index contributed by atoms with van der Waals surface area (Å²) < 4.78 is 0. The Labute approximate surface area is 188 Å². The number of carbonyl (C=O) groups is 2. The van der Waals surface area contributed by atoms with E-state index in [1.54, 1.807) is 11.8 Å². The summed E-state index contributed by atoms with van der Waals surface area (Å²) in [5.74, 6) is 2.01. The predicted octanol–water partition coefficient (Wildman–Crippen LogP) is 2.81. The number of aromatic amines is 1. The minimum atomic E-state index is 0.0583. The molecule has 7 nitrogen and oxygen atoms in total. The van der Waals surface area contributed by atoms with Gasteiger partial charge in [-0.3, -0.25) is 14.5 Å². The highest BCUT2D eigenvalue weighted by atomic mass is 32.2. The minimum absolute atomic E-state index is 0.0583. The quantitative estimate of drug-likeness (QED) is 0.656. The van der Waals surface area contributed by atoms with Gasteiger partial charge in [-0.15, -0.1) is 11.8 Å². The minimum Gasteiger partial charge on any atom is -0.354 e. The van der Waals surface area contributed by atoms with Crippen molar-refractivity contribution in [1.82, 2.24) is 25.1 Å². The Kier molecular flexibility index (Phi) is 7.50. The van der Waals surface area contributed by atoms with Crippen molar-refractivity contribution in [2.75, 3.05) is 45.0 Å². The number of piperazine rings is 1. The molecule has 31 heavy (non-hydrogen) atoms. The third-order valence-electron chi connectivity index (χ3n) is 6.40. The third kappa shape index (κ3) is 5.80. The fourth-order valence-corrected chi connectivity index (χ4v) is 5.24. The Balaban J connectivity index is 1.11. The van der Waals surface area contributed by atoms with Crippen molar-refractivity contribution >= 4 is 34.6 Å². The van der Waals surface area contributed by atoms with E-state index in [-0.39, 0.29) is 17.1 Å². The SMILES string of the molecule is CC(SCC(=O)NCCN1CCN(C(=O)C2CCCC2)CC1)c1nc2ccccc2[nH]1. The lowest BCUT2D eigenvalue weighted by molar-refractivity contribution is -0.137. The molecule has 1 atom stereocenters. The fourth-order valence-electron chi connectivity index (χ4n) is 4.47. The second kappa shape index (κ2) is 10.5. The maximum Gasteiger partial charge on any atom is 0.230 e. The Bertz CT molecular complexity index is 854. The van der Waals surface area contributed by atoms with E-state index in [1.807, 2.05) is 29.2 Å². The highest BCUT2D eigenvalue weighted by molar-refractivity contribution is 8.00. The third-order valence-corrected chi connectivity index (χ3v) is 7.55. The number of imidazole rings is 1. The summed E-state index contributed by atoms with van der Waals surface area (Å²) in [6.45, 7) is 6.97. The lowest BCUT2D eigenvalue weighted by Crippen LogP contribution is -2.51. The molecule has 1 unspecified atom stereocenters. The second-order valence-electron chi connectivity index (χ2n) is 8.59. The lowest BCUT2D eigenvalue weighted by Gasteiger charge is -2.36. The van der Waals surface area contributed by atoms with E-state index in [2.05, 4.69) is 27.1 Å². The molecule has 2 N–H and O–H groups in total. The van der Waals surface area contributed by atoms with E-state index >= 15 is 0 Å². The molecule has 8 heteroatoms. The molecule has 0 bridgehead atoms. The van der Waals surface area contributed by atoms with Gasteiger partial charge in [-0.05, 0) is 31.9 Å². The van der Waals surface area contributed by atoms with E-state index in [0.717, 1.165) is 62.4 Å². The van der Waals surface area contributed by atoms with Crippen LogP contribution in [0.1, 0.15) is 43.7 Å². The van der Waals surface area contributed by atoms with Crippen LogP contribution in [-0.4, -0.2) is 76.6 Å². The molecule has 2 aliphatic rings. The molecular formula is C23H33N5O2S. The van der Waals surface area contributed by atoms with Crippen molar-refractivity contribution in [2.45, 2.75) is 37.9 Å². The smallest absolute Gasteiger partial charge is 0.230 e. The number of carbonyl (C=O) groups excluding carboxylic acids is 2. The van der Waals surface area contributed by atoms with E-state index in [4.69, 9.17) is 0 Å². The molecule has 0 radical (unpaired) electrons. The summed E-state index contributed by atoms with van der Waals surface area (Å²) in [5.41, 5.74) is 1.99. The number of nitrogens with one attached hydrogen (secondary N) is 2. The number of nitrogens with zero attached hydrogens (tertiary/aromatic N) is 3. The molecule has 2 heterocycles. The Morgan fingerprint density at radius 2 is 1.94 bits per heavy atom. The molecule has 1 aliphatic heterocycles. The lowest BCUT2D eigenvalue weighted by atomic mass is 10.1. The summed E-state index contributed by atoms with van der Waals surface area (Å²) in [6, 6.07) is 7.97. The molecule has 2 fully saturated rings. The van der Waals surface area contributed by atoms with Crippen molar-refractivity contribution in [3.05, 3.63) is 30.1 Å². The van der Waals surface area contributed by atoms with Crippen molar-refractivity contribution in [2.24, 2.45) is 5.92 Å². The highest BCUT2D eigenvalue weighted by Gasteiger charge is 2.29. The standard InChI is InChI=1S/C23H33N5O2S/c1-17(22-25-19-8-4-5-9-20(19)26-22)31-16-21(29)24-10-11-27-12-14-28(15-13-27)23(30)18-6-2-3-7-18/h4-5,8-9,17-18H,2-3,6-7,10-16H2,1H3,(H,24,29)(H,25,26). The van der Waals surface area contributed by atoms with Gasteiger partial charge in [-0.1, -0.05) is 25.0 Å². The van der Waals surface area contributed by atoms with Gasteiger partial charge in [0, 0.05) is 45.2 Å². The topological polar surface area (TPSA) is 81.3 Å². The largest absolute Gasteiger partial charge is 0.354 e. The van der Waals surface area contributed by atoms with Crippen LogP contribution in [0.2, 0.25) is 0 Å². The molecule has 2 amide bonds. The van der Waals surface area contributed by atoms with Gasteiger partial charge in [0.2, 0.25) is 11.8 Å². The normalized spacial score (nSPS) is 19.1. The van der Waals surface area contributed by atoms with Gasteiger partial charge in [-0.25, -0.2) is 4.98 Å².